The van der Waals surface area contributed by atoms with Crippen LogP contribution < -0.4 is 0 Å². The molecule has 0 spiro atoms. The average Bonchev–Trinajstić information content (AvgIpc) is 2.86. The average molecular weight is 300 g/mol. The molecule has 1 fully saturated rings. The van der Waals surface area contributed by atoms with E-state index in [1.165, 1.54) is 18.0 Å². The molecule has 2 rings (SSSR count). The Hall–Kier alpha value is -1.62. The van der Waals surface area contributed by atoms with Crippen molar-refractivity contribution in [2.45, 2.75) is 31.2 Å². The minimum Gasteiger partial charge on any atom is -0.479 e. The highest BCUT2D eigenvalue weighted by molar-refractivity contribution is 6.31. The van der Waals surface area contributed by atoms with Crippen LogP contribution in [0.5, 0.6) is 0 Å². The van der Waals surface area contributed by atoms with Gasteiger partial charge in [-0.15, -0.1) is 0 Å². The van der Waals surface area contributed by atoms with Gasteiger partial charge in [-0.2, -0.15) is 0 Å². The van der Waals surface area contributed by atoms with Crippen LogP contribution in [0.4, 0.5) is 4.39 Å². The number of carboxylic acid groups (broad SMARTS) is 1. The maximum atomic E-state index is 13.3. The van der Waals surface area contributed by atoms with Gasteiger partial charge in [0.2, 0.25) is 0 Å². The van der Waals surface area contributed by atoms with Crippen LogP contribution in [0.15, 0.2) is 18.2 Å². The number of carbonyl (C=O) groups is 2. The molecule has 1 amide bonds. The second kappa shape index (κ2) is 5.40. The fourth-order valence-corrected chi connectivity index (χ4v) is 2.94. The molecular weight excluding hydrogens is 285 g/mol. The summed E-state index contributed by atoms with van der Waals surface area (Å²) < 4.78 is 13.3. The quantitative estimate of drug-likeness (QED) is 0.933. The van der Waals surface area contributed by atoms with Crippen molar-refractivity contribution in [3.63, 3.8) is 0 Å². The van der Waals surface area contributed by atoms with E-state index in [1.807, 2.05) is 0 Å². The first-order valence-corrected chi connectivity index (χ1v) is 6.72. The van der Waals surface area contributed by atoms with Crippen LogP contribution in [0.2, 0.25) is 5.02 Å². The van der Waals surface area contributed by atoms with E-state index in [0.29, 0.717) is 12.8 Å². The Kier molecular flexibility index (Phi) is 3.99. The summed E-state index contributed by atoms with van der Waals surface area (Å²) in [5.41, 5.74) is -1.14. The third kappa shape index (κ3) is 2.50. The number of likely N-dealkylation sites (N-methyl/N-ethyl adjacent to an activating group) is 1. The number of halogens is 2. The summed E-state index contributed by atoms with van der Waals surface area (Å²) in [5, 5.41) is 9.55. The predicted octanol–water partition coefficient (Wildman–Crippen LogP) is 2.95. The number of hydrogen-bond donors (Lipinski definition) is 1. The zero-order chi connectivity index (χ0) is 14.9. The van der Waals surface area contributed by atoms with E-state index in [-0.39, 0.29) is 10.6 Å². The molecule has 0 atom stereocenters. The number of rotatable bonds is 3. The first kappa shape index (κ1) is 14.8. The van der Waals surface area contributed by atoms with E-state index in [4.69, 9.17) is 11.6 Å². The fraction of sp³-hybridized carbons (Fsp3) is 0.429. The summed E-state index contributed by atoms with van der Waals surface area (Å²) in [5.74, 6) is -2.17. The summed E-state index contributed by atoms with van der Waals surface area (Å²) >= 11 is 5.73. The normalized spacial score (nSPS) is 16.9. The molecule has 0 aliphatic heterocycles. The largest absolute Gasteiger partial charge is 0.479 e. The van der Waals surface area contributed by atoms with Gasteiger partial charge in [-0.3, -0.25) is 4.79 Å². The Morgan fingerprint density at radius 1 is 1.30 bits per heavy atom. The van der Waals surface area contributed by atoms with Crippen LogP contribution in [0, 0.1) is 5.82 Å². The number of aliphatic carboxylic acids is 1. The molecule has 0 saturated heterocycles. The maximum Gasteiger partial charge on any atom is 0.329 e. The van der Waals surface area contributed by atoms with E-state index in [0.717, 1.165) is 25.0 Å². The zero-order valence-corrected chi connectivity index (χ0v) is 11.8. The lowest BCUT2D eigenvalue weighted by Gasteiger charge is -2.34. The minimum atomic E-state index is -1.20. The first-order chi connectivity index (χ1) is 9.36. The summed E-state index contributed by atoms with van der Waals surface area (Å²) in [4.78, 5) is 25.1. The molecular formula is C14H15ClFNO3. The van der Waals surface area contributed by atoms with Crippen molar-refractivity contribution < 1.29 is 19.1 Å². The second-order valence-corrected chi connectivity index (χ2v) is 5.50. The van der Waals surface area contributed by atoms with Crippen LogP contribution in [0.1, 0.15) is 36.0 Å². The summed E-state index contributed by atoms with van der Waals surface area (Å²) in [6.07, 6.45) is 2.34. The number of hydrogen-bond acceptors (Lipinski definition) is 2. The van der Waals surface area contributed by atoms with Crippen LogP contribution >= 0.6 is 11.6 Å². The molecule has 1 aliphatic rings. The summed E-state index contributed by atoms with van der Waals surface area (Å²) in [6.45, 7) is 0. The Morgan fingerprint density at radius 2 is 1.90 bits per heavy atom. The fourth-order valence-electron chi connectivity index (χ4n) is 2.72. The molecule has 0 radical (unpaired) electrons. The lowest BCUT2D eigenvalue weighted by molar-refractivity contribution is -0.148. The van der Waals surface area contributed by atoms with Crippen LogP contribution in [-0.2, 0) is 4.79 Å². The van der Waals surface area contributed by atoms with Gasteiger partial charge in [0.1, 0.15) is 11.4 Å². The van der Waals surface area contributed by atoms with E-state index in [2.05, 4.69) is 0 Å². The molecule has 0 unspecified atom stereocenters. The molecule has 1 aromatic rings. The number of carbonyl (C=O) groups excluding carboxylic acids is 1. The molecule has 0 heterocycles. The van der Waals surface area contributed by atoms with E-state index < -0.39 is 23.2 Å². The van der Waals surface area contributed by atoms with Gasteiger partial charge in [-0.25, -0.2) is 9.18 Å². The van der Waals surface area contributed by atoms with Gasteiger partial charge < -0.3 is 10.0 Å². The van der Waals surface area contributed by atoms with Crippen molar-refractivity contribution in [1.82, 2.24) is 4.90 Å². The molecule has 6 heteroatoms. The first-order valence-electron chi connectivity index (χ1n) is 6.34. The van der Waals surface area contributed by atoms with Gasteiger partial charge in [0.25, 0.3) is 5.91 Å². The Bertz CT molecular complexity index is 535. The highest BCUT2D eigenvalue weighted by atomic mass is 35.5. The van der Waals surface area contributed by atoms with Crippen LogP contribution in [0.3, 0.4) is 0 Å². The summed E-state index contributed by atoms with van der Waals surface area (Å²) in [7, 11) is 1.45. The number of nitrogens with zero attached hydrogens (tertiary/aromatic N) is 1. The Morgan fingerprint density at radius 3 is 2.40 bits per heavy atom. The van der Waals surface area contributed by atoms with Gasteiger partial charge in [-0.05, 0) is 31.0 Å². The van der Waals surface area contributed by atoms with Crippen molar-refractivity contribution >= 4 is 23.5 Å². The number of carboxylic acids is 1. The minimum absolute atomic E-state index is 0.0602. The van der Waals surface area contributed by atoms with Crippen molar-refractivity contribution in [1.29, 1.82) is 0 Å². The number of amides is 1. The lowest BCUT2D eigenvalue weighted by Crippen LogP contribution is -2.53. The van der Waals surface area contributed by atoms with Crippen molar-refractivity contribution in [3.8, 4) is 0 Å². The van der Waals surface area contributed by atoms with E-state index >= 15 is 0 Å². The maximum absolute atomic E-state index is 13.3. The van der Waals surface area contributed by atoms with Crippen molar-refractivity contribution in [2.24, 2.45) is 0 Å². The smallest absolute Gasteiger partial charge is 0.329 e. The third-order valence-electron chi connectivity index (χ3n) is 3.88. The second-order valence-electron chi connectivity index (χ2n) is 5.07. The Labute approximate surface area is 121 Å². The van der Waals surface area contributed by atoms with Crippen LogP contribution in [0.25, 0.3) is 0 Å². The van der Waals surface area contributed by atoms with Crippen LogP contribution in [-0.4, -0.2) is 34.5 Å². The molecule has 4 nitrogen and oxygen atoms in total. The summed E-state index contributed by atoms with van der Waals surface area (Å²) in [6, 6.07) is 3.50. The Balaban J connectivity index is 2.34. The van der Waals surface area contributed by atoms with E-state index in [1.54, 1.807) is 0 Å². The van der Waals surface area contributed by atoms with Gasteiger partial charge >= 0.3 is 5.97 Å². The van der Waals surface area contributed by atoms with Crippen molar-refractivity contribution in [3.05, 3.63) is 34.6 Å². The predicted molar refractivity (Wildman–Crippen MR) is 72.3 cm³/mol. The van der Waals surface area contributed by atoms with Gasteiger partial charge in [-0.1, -0.05) is 24.4 Å². The van der Waals surface area contributed by atoms with Gasteiger partial charge in [0, 0.05) is 17.6 Å². The standard InChI is InChI=1S/C14H15ClFNO3/c1-17(14(13(19)20)4-2-3-5-14)12(18)9-6-10(15)8-11(16)7-9/h6-8H,2-5H2,1H3,(H,19,20). The number of benzene rings is 1. The molecule has 20 heavy (non-hydrogen) atoms. The molecule has 0 bridgehead atoms. The molecule has 1 N–H and O–H groups in total. The highest BCUT2D eigenvalue weighted by Gasteiger charge is 2.47. The van der Waals surface area contributed by atoms with Crippen molar-refractivity contribution in [2.75, 3.05) is 7.05 Å². The third-order valence-corrected chi connectivity index (χ3v) is 4.10. The van der Waals surface area contributed by atoms with Gasteiger partial charge in [0.15, 0.2) is 0 Å². The SMILES string of the molecule is CN(C(=O)c1cc(F)cc(Cl)c1)C1(C(=O)O)CCCC1. The molecule has 0 aromatic heterocycles. The topological polar surface area (TPSA) is 57.6 Å². The highest BCUT2D eigenvalue weighted by Crippen LogP contribution is 2.35. The monoisotopic (exact) mass is 299 g/mol. The molecule has 1 aromatic carbocycles. The molecule has 108 valence electrons. The lowest BCUT2D eigenvalue weighted by atomic mass is 9.95. The molecule has 1 aliphatic carbocycles. The van der Waals surface area contributed by atoms with E-state index in [9.17, 15) is 19.1 Å². The van der Waals surface area contributed by atoms with Gasteiger partial charge in [0.05, 0.1) is 0 Å². The molecule has 1 saturated carbocycles. The zero-order valence-electron chi connectivity index (χ0n) is 11.0.